The molecule has 0 fully saturated rings. The van der Waals surface area contributed by atoms with Gasteiger partial charge in [0.25, 0.3) is 0 Å². The lowest BCUT2D eigenvalue weighted by atomic mass is 9.95. The zero-order chi connectivity index (χ0) is 17.6. The molecule has 3 heteroatoms. The Hall–Kier alpha value is -1.51. The molecule has 0 saturated heterocycles. The van der Waals surface area contributed by atoms with Crippen LogP contribution in [0.1, 0.15) is 89.2 Å². The Bertz CT molecular complexity index is 468. The Morgan fingerprint density at radius 3 is 2.12 bits per heavy atom. The van der Waals surface area contributed by atoms with Crippen LogP contribution in [0, 0.1) is 0 Å². The summed E-state index contributed by atoms with van der Waals surface area (Å²) in [5.74, 6) is 0.532. The Morgan fingerprint density at radius 1 is 0.875 bits per heavy atom. The van der Waals surface area contributed by atoms with Gasteiger partial charge in [-0.2, -0.15) is 0 Å². The number of aryl methyl sites for hydroxylation is 1. The van der Waals surface area contributed by atoms with E-state index in [-0.39, 0.29) is 0 Å². The summed E-state index contributed by atoms with van der Waals surface area (Å²) < 4.78 is 5.03. The first-order chi connectivity index (χ1) is 11.7. The van der Waals surface area contributed by atoms with E-state index in [4.69, 9.17) is 9.84 Å². The molecule has 1 rings (SSSR count). The number of hydrogen-bond acceptors (Lipinski definition) is 2. The van der Waals surface area contributed by atoms with Crippen LogP contribution in [0.4, 0.5) is 4.79 Å². The van der Waals surface area contributed by atoms with Crippen molar-refractivity contribution in [1.82, 2.24) is 0 Å². The molecule has 24 heavy (non-hydrogen) atoms. The van der Waals surface area contributed by atoms with Gasteiger partial charge in [-0.1, -0.05) is 77.3 Å². The molecule has 0 aliphatic rings. The second-order valence-corrected chi connectivity index (χ2v) is 6.59. The number of carbonyl (C=O) groups is 1. The SMILES string of the molecule is CCCCCCCCc1c(CCCCCC)cccc1OC(=O)O. The highest BCUT2D eigenvalue weighted by molar-refractivity contribution is 5.62. The fraction of sp³-hybridized carbons (Fsp3) is 0.667. The van der Waals surface area contributed by atoms with Crippen LogP contribution in [0.2, 0.25) is 0 Å². The van der Waals surface area contributed by atoms with Crippen molar-refractivity contribution >= 4 is 6.16 Å². The van der Waals surface area contributed by atoms with Crippen molar-refractivity contribution in [3.63, 3.8) is 0 Å². The molecule has 0 atom stereocenters. The van der Waals surface area contributed by atoms with Gasteiger partial charge >= 0.3 is 6.16 Å². The van der Waals surface area contributed by atoms with Crippen LogP contribution in [0.3, 0.4) is 0 Å². The first kappa shape index (κ1) is 20.5. The number of unbranched alkanes of at least 4 members (excludes halogenated alkanes) is 8. The van der Waals surface area contributed by atoms with E-state index in [1.165, 1.54) is 56.9 Å². The minimum absolute atomic E-state index is 0.532. The lowest BCUT2D eigenvalue weighted by Crippen LogP contribution is -2.07. The minimum atomic E-state index is -1.22. The maximum atomic E-state index is 11.0. The average molecular weight is 335 g/mol. The lowest BCUT2D eigenvalue weighted by molar-refractivity contribution is 0.144. The second-order valence-electron chi connectivity index (χ2n) is 6.59. The predicted molar refractivity (Wildman–Crippen MR) is 100 cm³/mol. The van der Waals surface area contributed by atoms with Crippen molar-refractivity contribution < 1.29 is 14.6 Å². The average Bonchev–Trinajstić information content (AvgIpc) is 2.56. The molecule has 0 aliphatic heterocycles. The van der Waals surface area contributed by atoms with Crippen molar-refractivity contribution in [1.29, 1.82) is 0 Å². The monoisotopic (exact) mass is 334 g/mol. The van der Waals surface area contributed by atoms with E-state index in [2.05, 4.69) is 19.9 Å². The molecule has 0 saturated carbocycles. The van der Waals surface area contributed by atoms with Crippen LogP contribution in [0.15, 0.2) is 18.2 Å². The van der Waals surface area contributed by atoms with Gasteiger partial charge in [0.1, 0.15) is 5.75 Å². The third kappa shape index (κ3) is 8.37. The summed E-state index contributed by atoms with van der Waals surface area (Å²) in [7, 11) is 0. The van der Waals surface area contributed by atoms with E-state index in [0.29, 0.717) is 5.75 Å². The summed E-state index contributed by atoms with van der Waals surface area (Å²) in [6.07, 6.45) is 13.0. The molecule has 0 aromatic heterocycles. The van der Waals surface area contributed by atoms with Gasteiger partial charge in [-0.3, -0.25) is 0 Å². The summed E-state index contributed by atoms with van der Waals surface area (Å²) in [5.41, 5.74) is 2.37. The lowest BCUT2D eigenvalue weighted by Gasteiger charge is -2.14. The Labute approximate surface area is 147 Å². The Morgan fingerprint density at radius 2 is 1.46 bits per heavy atom. The first-order valence-corrected chi connectivity index (χ1v) is 9.70. The van der Waals surface area contributed by atoms with Gasteiger partial charge < -0.3 is 9.84 Å². The van der Waals surface area contributed by atoms with Gasteiger partial charge in [-0.25, -0.2) is 4.79 Å². The summed E-state index contributed by atoms with van der Waals surface area (Å²) in [6.45, 7) is 4.44. The zero-order valence-corrected chi connectivity index (χ0v) is 15.5. The van der Waals surface area contributed by atoms with Gasteiger partial charge in [-0.15, -0.1) is 0 Å². The van der Waals surface area contributed by atoms with Gasteiger partial charge in [0.05, 0.1) is 0 Å². The third-order valence-corrected chi connectivity index (χ3v) is 4.51. The van der Waals surface area contributed by atoms with Crippen LogP contribution in [-0.2, 0) is 12.8 Å². The van der Waals surface area contributed by atoms with E-state index in [0.717, 1.165) is 31.2 Å². The van der Waals surface area contributed by atoms with Crippen molar-refractivity contribution in [2.45, 2.75) is 90.9 Å². The standard InChI is InChI=1S/C21H34O3/c1-3-5-7-9-10-12-16-19-18(14-11-8-6-4-2)15-13-17-20(19)24-21(22)23/h13,15,17H,3-12,14,16H2,1-2H3,(H,22,23). The Kier molecular flexibility index (Phi) is 11.0. The molecule has 0 heterocycles. The van der Waals surface area contributed by atoms with Crippen LogP contribution >= 0.6 is 0 Å². The molecular formula is C21H34O3. The van der Waals surface area contributed by atoms with Crippen molar-refractivity contribution in [3.8, 4) is 5.75 Å². The summed E-state index contributed by atoms with van der Waals surface area (Å²) in [5, 5.41) is 8.97. The largest absolute Gasteiger partial charge is 0.511 e. The molecule has 0 amide bonds. The first-order valence-electron chi connectivity index (χ1n) is 9.70. The highest BCUT2D eigenvalue weighted by Gasteiger charge is 2.12. The molecule has 0 unspecified atom stereocenters. The summed E-state index contributed by atoms with van der Waals surface area (Å²) in [4.78, 5) is 11.0. The molecule has 0 radical (unpaired) electrons. The molecule has 3 nitrogen and oxygen atoms in total. The van der Waals surface area contributed by atoms with E-state index in [1.807, 2.05) is 6.07 Å². The third-order valence-electron chi connectivity index (χ3n) is 4.51. The summed E-state index contributed by atoms with van der Waals surface area (Å²) >= 11 is 0. The van der Waals surface area contributed by atoms with Crippen LogP contribution in [-0.4, -0.2) is 11.3 Å². The van der Waals surface area contributed by atoms with Crippen LogP contribution < -0.4 is 4.74 Å². The normalized spacial score (nSPS) is 10.8. The molecular weight excluding hydrogens is 300 g/mol. The van der Waals surface area contributed by atoms with Gasteiger partial charge in [0.2, 0.25) is 0 Å². The Balaban J connectivity index is 2.65. The number of ether oxygens (including phenoxy) is 1. The van der Waals surface area contributed by atoms with Gasteiger partial charge in [0.15, 0.2) is 0 Å². The highest BCUT2D eigenvalue weighted by Crippen LogP contribution is 2.27. The molecule has 1 N–H and O–H groups in total. The number of hydrogen-bond donors (Lipinski definition) is 1. The van der Waals surface area contributed by atoms with E-state index >= 15 is 0 Å². The molecule has 0 aliphatic carbocycles. The van der Waals surface area contributed by atoms with E-state index in [9.17, 15) is 4.79 Å². The smallest absolute Gasteiger partial charge is 0.449 e. The van der Waals surface area contributed by atoms with Crippen molar-refractivity contribution in [3.05, 3.63) is 29.3 Å². The molecule has 0 bridgehead atoms. The van der Waals surface area contributed by atoms with Crippen LogP contribution in [0.25, 0.3) is 0 Å². The maximum absolute atomic E-state index is 11.0. The fourth-order valence-corrected chi connectivity index (χ4v) is 3.14. The topological polar surface area (TPSA) is 46.5 Å². The molecule has 1 aromatic carbocycles. The minimum Gasteiger partial charge on any atom is -0.449 e. The molecule has 136 valence electrons. The molecule has 1 aromatic rings. The van der Waals surface area contributed by atoms with E-state index in [1.54, 1.807) is 6.07 Å². The quantitative estimate of drug-likeness (QED) is 0.246. The number of benzene rings is 1. The number of carboxylic acid groups (broad SMARTS) is 1. The summed E-state index contributed by atoms with van der Waals surface area (Å²) in [6, 6.07) is 5.83. The van der Waals surface area contributed by atoms with Gasteiger partial charge in [0, 0.05) is 0 Å². The molecule has 0 spiro atoms. The van der Waals surface area contributed by atoms with Crippen LogP contribution in [0.5, 0.6) is 5.75 Å². The highest BCUT2D eigenvalue weighted by atomic mass is 16.7. The van der Waals surface area contributed by atoms with Gasteiger partial charge in [-0.05, 0) is 42.9 Å². The van der Waals surface area contributed by atoms with E-state index < -0.39 is 6.16 Å². The number of rotatable bonds is 13. The van der Waals surface area contributed by atoms with Crippen molar-refractivity contribution in [2.24, 2.45) is 0 Å². The second kappa shape index (κ2) is 12.9. The predicted octanol–water partition coefficient (Wildman–Crippen LogP) is 6.77. The van der Waals surface area contributed by atoms with Crippen molar-refractivity contribution in [2.75, 3.05) is 0 Å². The zero-order valence-electron chi connectivity index (χ0n) is 15.5. The maximum Gasteiger partial charge on any atom is 0.511 e. The fourth-order valence-electron chi connectivity index (χ4n) is 3.14.